The SMILES string of the molecule is C=C1C=C(C)c2ccc3oc(C(=O)c4cccc(OC)c4)c(-c4cccc(Br)c4)c3c2O1. The van der Waals surface area contributed by atoms with Crippen molar-refractivity contribution in [3.63, 3.8) is 0 Å². The highest BCUT2D eigenvalue weighted by molar-refractivity contribution is 9.10. The van der Waals surface area contributed by atoms with Crippen molar-refractivity contribution in [1.29, 1.82) is 0 Å². The molecule has 0 fully saturated rings. The number of halogens is 1. The Morgan fingerprint density at radius 2 is 1.88 bits per heavy atom. The van der Waals surface area contributed by atoms with Crippen LogP contribution in [-0.2, 0) is 0 Å². The van der Waals surface area contributed by atoms with Crippen molar-refractivity contribution in [2.24, 2.45) is 0 Å². The maximum absolute atomic E-state index is 13.6. The zero-order chi connectivity index (χ0) is 22.4. The second-order valence-electron chi connectivity index (χ2n) is 7.59. The van der Waals surface area contributed by atoms with E-state index in [4.69, 9.17) is 13.9 Å². The van der Waals surface area contributed by atoms with Crippen LogP contribution in [0.15, 0.2) is 88.0 Å². The Hall–Kier alpha value is -3.57. The Labute approximate surface area is 193 Å². The number of ketones is 1. The summed E-state index contributed by atoms with van der Waals surface area (Å²) >= 11 is 3.54. The lowest BCUT2D eigenvalue weighted by Gasteiger charge is -2.19. The van der Waals surface area contributed by atoms with Crippen LogP contribution in [-0.4, -0.2) is 12.9 Å². The summed E-state index contributed by atoms with van der Waals surface area (Å²) in [4.78, 5) is 13.6. The molecule has 1 aromatic heterocycles. The minimum atomic E-state index is -0.231. The first-order chi connectivity index (χ1) is 15.5. The van der Waals surface area contributed by atoms with E-state index in [1.807, 2.05) is 49.4 Å². The van der Waals surface area contributed by atoms with Gasteiger partial charge in [-0.25, -0.2) is 0 Å². The second kappa shape index (κ2) is 7.84. The summed E-state index contributed by atoms with van der Waals surface area (Å²) in [6, 6.07) is 18.7. The molecule has 32 heavy (non-hydrogen) atoms. The number of hydrogen-bond acceptors (Lipinski definition) is 4. The number of carbonyl (C=O) groups is 1. The summed E-state index contributed by atoms with van der Waals surface area (Å²) in [5.41, 5.74) is 4.58. The van der Waals surface area contributed by atoms with Gasteiger partial charge in [-0.15, -0.1) is 0 Å². The molecule has 0 saturated carbocycles. The van der Waals surface area contributed by atoms with Gasteiger partial charge in [0.05, 0.1) is 12.5 Å². The number of fused-ring (bicyclic) bond motifs is 3. The Kier molecular flexibility index (Phi) is 4.98. The fourth-order valence-electron chi connectivity index (χ4n) is 4.03. The number of rotatable bonds is 4. The van der Waals surface area contributed by atoms with Crippen molar-refractivity contribution in [2.75, 3.05) is 7.11 Å². The van der Waals surface area contributed by atoms with Crippen molar-refractivity contribution >= 4 is 38.3 Å². The average Bonchev–Trinajstić information content (AvgIpc) is 3.18. The molecular weight excluding hydrogens is 468 g/mol. The minimum absolute atomic E-state index is 0.231. The quantitative estimate of drug-likeness (QED) is 0.281. The van der Waals surface area contributed by atoms with E-state index >= 15 is 0 Å². The van der Waals surface area contributed by atoms with Gasteiger partial charge in [-0.05, 0) is 60.5 Å². The monoisotopic (exact) mass is 486 g/mol. The van der Waals surface area contributed by atoms with Crippen LogP contribution in [0.25, 0.3) is 27.7 Å². The topological polar surface area (TPSA) is 48.7 Å². The van der Waals surface area contributed by atoms with Crippen molar-refractivity contribution in [2.45, 2.75) is 6.92 Å². The molecule has 0 amide bonds. The molecule has 0 radical (unpaired) electrons. The Morgan fingerprint density at radius 1 is 1.06 bits per heavy atom. The molecule has 1 aliphatic heterocycles. The van der Waals surface area contributed by atoms with Crippen LogP contribution >= 0.6 is 15.9 Å². The summed E-state index contributed by atoms with van der Waals surface area (Å²) in [6.45, 7) is 5.99. The third kappa shape index (κ3) is 3.35. The molecule has 5 rings (SSSR count). The lowest BCUT2D eigenvalue weighted by Crippen LogP contribution is -2.03. The van der Waals surface area contributed by atoms with Crippen LogP contribution in [0.3, 0.4) is 0 Å². The first kappa shape index (κ1) is 20.3. The molecule has 1 aliphatic rings. The summed E-state index contributed by atoms with van der Waals surface area (Å²) in [5, 5.41) is 0.750. The van der Waals surface area contributed by atoms with E-state index < -0.39 is 0 Å². The predicted molar refractivity (Wildman–Crippen MR) is 129 cm³/mol. The normalized spacial score (nSPS) is 12.8. The van der Waals surface area contributed by atoms with Gasteiger partial charge in [-0.2, -0.15) is 0 Å². The predicted octanol–water partition coefficient (Wildman–Crippen LogP) is 7.41. The molecular formula is C27H19BrO4. The van der Waals surface area contributed by atoms with Crippen LogP contribution < -0.4 is 9.47 Å². The summed E-state index contributed by atoms with van der Waals surface area (Å²) in [5.74, 6) is 1.82. The van der Waals surface area contributed by atoms with Crippen LogP contribution in [0.5, 0.6) is 11.5 Å². The van der Waals surface area contributed by atoms with E-state index in [0.29, 0.717) is 34.0 Å². The number of carbonyl (C=O) groups excluding carboxylic acids is 1. The van der Waals surface area contributed by atoms with Gasteiger partial charge in [0.15, 0.2) is 5.76 Å². The molecule has 3 aromatic carbocycles. The molecule has 0 unspecified atom stereocenters. The van der Waals surface area contributed by atoms with E-state index in [-0.39, 0.29) is 11.5 Å². The number of methoxy groups -OCH3 is 1. The van der Waals surface area contributed by atoms with Gasteiger partial charge < -0.3 is 13.9 Å². The van der Waals surface area contributed by atoms with Gasteiger partial charge in [0, 0.05) is 21.2 Å². The van der Waals surface area contributed by atoms with Crippen molar-refractivity contribution < 1.29 is 18.7 Å². The van der Waals surface area contributed by atoms with Gasteiger partial charge >= 0.3 is 0 Å². The van der Waals surface area contributed by atoms with E-state index in [9.17, 15) is 4.79 Å². The largest absolute Gasteiger partial charge is 0.497 e. The number of benzene rings is 3. The highest BCUT2D eigenvalue weighted by Crippen LogP contribution is 2.46. The van der Waals surface area contributed by atoms with Crippen molar-refractivity contribution in [1.82, 2.24) is 0 Å². The van der Waals surface area contributed by atoms with Gasteiger partial charge in [0.1, 0.15) is 22.8 Å². The average molecular weight is 487 g/mol. The minimum Gasteiger partial charge on any atom is -0.497 e. The van der Waals surface area contributed by atoms with E-state index in [1.54, 1.807) is 31.4 Å². The van der Waals surface area contributed by atoms with Crippen molar-refractivity contribution in [3.05, 3.63) is 100 Å². The lowest BCUT2D eigenvalue weighted by atomic mass is 9.94. The van der Waals surface area contributed by atoms with Crippen molar-refractivity contribution in [3.8, 4) is 22.6 Å². The first-order valence-corrected chi connectivity index (χ1v) is 10.8. The molecule has 0 atom stereocenters. The zero-order valence-corrected chi connectivity index (χ0v) is 19.2. The van der Waals surface area contributed by atoms with Gasteiger partial charge in [0.2, 0.25) is 5.78 Å². The highest BCUT2D eigenvalue weighted by Gasteiger charge is 2.28. The molecule has 158 valence electrons. The maximum atomic E-state index is 13.6. The van der Waals surface area contributed by atoms with Crippen LogP contribution in [0.2, 0.25) is 0 Å². The number of allylic oxidation sites excluding steroid dienone is 2. The summed E-state index contributed by atoms with van der Waals surface area (Å²) in [6.07, 6.45) is 1.90. The molecule has 0 N–H and O–H groups in total. The molecule has 0 aliphatic carbocycles. The number of ether oxygens (including phenoxy) is 2. The molecule has 0 saturated heterocycles. The van der Waals surface area contributed by atoms with Crippen LogP contribution in [0.4, 0.5) is 0 Å². The lowest BCUT2D eigenvalue weighted by molar-refractivity contribution is 0.101. The zero-order valence-electron chi connectivity index (χ0n) is 17.6. The van der Waals surface area contributed by atoms with Crippen LogP contribution in [0.1, 0.15) is 28.6 Å². The van der Waals surface area contributed by atoms with E-state index in [1.165, 1.54) is 0 Å². The van der Waals surface area contributed by atoms with Gasteiger partial charge in [0.25, 0.3) is 0 Å². The highest BCUT2D eigenvalue weighted by atomic mass is 79.9. The fourth-order valence-corrected chi connectivity index (χ4v) is 4.43. The standard InChI is InChI=1S/C27H19BrO4/c1-15-12-16(2)31-26-21(15)10-11-22-24(26)23(17-6-4-8-19(28)13-17)27(32-22)25(29)18-7-5-9-20(14-18)30-3/h4-14H,2H2,1,3H3. The molecule has 0 bridgehead atoms. The van der Waals surface area contributed by atoms with Gasteiger partial charge in [-0.1, -0.05) is 46.8 Å². The second-order valence-corrected chi connectivity index (χ2v) is 8.50. The molecule has 0 spiro atoms. The third-order valence-electron chi connectivity index (χ3n) is 5.50. The Morgan fingerprint density at radius 3 is 2.66 bits per heavy atom. The molecule has 2 heterocycles. The Balaban J connectivity index is 1.83. The number of furan rings is 1. The third-order valence-corrected chi connectivity index (χ3v) is 5.99. The molecule has 4 nitrogen and oxygen atoms in total. The first-order valence-electron chi connectivity index (χ1n) is 10.1. The fraction of sp³-hybridized carbons (Fsp3) is 0.0741. The van der Waals surface area contributed by atoms with E-state index in [0.717, 1.165) is 26.6 Å². The number of hydrogen-bond donors (Lipinski definition) is 0. The summed E-state index contributed by atoms with van der Waals surface area (Å²) < 4.78 is 18.5. The van der Waals surface area contributed by atoms with Crippen LogP contribution in [0, 0.1) is 0 Å². The maximum Gasteiger partial charge on any atom is 0.229 e. The molecule has 4 aromatic rings. The molecule has 5 heteroatoms. The Bertz CT molecular complexity index is 1440. The van der Waals surface area contributed by atoms with Gasteiger partial charge in [-0.3, -0.25) is 4.79 Å². The smallest absolute Gasteiger partial charge is 0.229 e. The van der Waals surface area contributed by atoms with E-state index in [2.05, 4.69) is 22.5 Å². The summed E-state index contributed by atoms with van der Waals surface area (Å²) in [7, 11) is 1.57.